The third-order valence-corrected chi connectivity index (χ3v) is 8.71. The summed E-state index contributed by atoms with van der Waals surface area (Å²) in [5, 5.41) is 14.9. The van der Waals surface area contributed by atoms with Crippen molar-refractivity contribution in [2.45, 2.75) is 17.6 Å². The van der Waals surface area contributed by atoms with Crippen molar-refractivity contribution in [3.05, 3.63) is 47.7 Å². The Morgan fingerprint density at radius 2 is 1.85 bits per heavy atom. The zero-order chi connectivity index (χ0) is 24.0. The van der Waals surface area contributed by atoms with E-state index in [4.69, 9.17) is 5.14 Å². The second kappa shape index (κ2) is 8.41. The third-order valence-electron chi connectivity index (χ3n) is 5.44. The Balaban J connectivity index is 1.45. The van der Waals surface area contributed by atoms with Gasteiger partial charge in [-0.2, -0.15) is 14.0 Å². The molecule has 3 heterocycles. The van der Waals surface area contributed by atoms with Gasteiger partial charge in [0.2, 0.25) is 10.0 Å². The Morgan fingerprint density at radius 1 is 1.12 bits per heavy atom. The Kier molecular flexibility index (Phi) is 5.53. The zero-order valence-corrected chi connectivity index (χ0v) is 20.2. The quantitative estimate of drug-likeness (QED) is 0.441. The molecule has 1 saturated heterocycles. The van der Waals surface area contributed by atoms with Crippen molar-refractivity contribution in [3.8, 4) is 17.2 Å². The van der Waals surface area contributed by atoms with Gasteiger partial charge in [0.25, 0.3) is 0 Å². The van der Waals surface area contributed by atoms with E-state index in [1.54, 1.807) is 24.0 Å². The average molecular weight is 512 g/mol. The van der Waals surface area contributed by atoms with Crippen molar-refractivity contribution in [1.82, 2.24) is 13.7 Å². The minimum absolute atomic E-state index is 0.0424. The number of urea groups is 1. The van der Waals surface area contributed by atoms with Crippen LogP contribution in [0.1, 0.15) is 17.7 Å². The number of nitriles is 1. The van der Waals surface area contributed by atoms with Gasteiger partial charge in [0.05, 0.1) is 29.1 Å². The molecule has 2 aromatic heterocycles. The predicted octanol–water partition coefficient (Wildman–Crippen LogP) is 3.48. The van der Waals surface area contributed by atoms with Gasteiger partial charge in [-0.15, -0.1) is 0 Å². The first-order chi connectivity index (χ1) is 16.3. The average Bonchev–Trinajstić information content (AvgIpc) is 3.45. The van der Waals surface area contributed by atoms with Crippen LogP contribution in [0.15, 0.2) is 40.6 Å². The van der Waals surface area contributed by atoms with Crippen LogP contribution in [0.4, 0.5) is 15.6 Å². The molecule has 172 valence electrons. The van der Waals surface area contributed by atoms with Crippen LogP contribution in [-0.2, 0) is 10.0 Å². The van der Waals surface area contributed by atoms with Crippen LogP contribution in [0.2, 0.25) is 0 Å². The number of fused-ring (bicyclic) bond motifs is 1. The molecule has 0 unspecified atom stereocenters. The highest BCUT2D eigenvalue weighted by Crippen LogP contribution is 2.34. The SMILES string of the molecule is Cc1nc(N2CCCN(c3ccc(-c4cc(C#N)cc5nsnc45)cc3)C2=O)sc1S(N)(=O)=O. The van der Waals surface area contributed by atoms with E-state index in [1.165, 1.54) is 4.90 Å². The molecule has 1 aliphatic heterocycles. The Bertz CT molecular complexity index is 1570. The number of benzene rings is 2. The summed E-state index contributed by atoms with van der Waals surface area (Å²) >= 11 is 1.99. The van der Waals surface area contributed by atoms with Gasteiger partial charge in [-0.05, 0) is 43.2 Å². The molecule has 4 aromatic rings. The van der Waals surface area contributed by atoms with Crippen LogP contribution in [0, 0.1) is 18.3 Å². The van der Waals surface area contributed by atoms with Gasteiger partial charge in [-0.3, -0.25) is 9.80 Å². The van der Waals surface area contributed by atoms with E-state index in [2.05, 4.69) is 19.8 Å². The van der Waals surface area contributed by atoms with Gasteiger partial charge in [-0.1, -0.05) is 23.5 Å². The zero-order valence-electron chi connectivity index (χ0n) is 17.8. The van der Waals surface area contributed by atoms with E-state index < -0.39 is 10.0 Å². The third kappa shape index (κ3) is 3.90. The molecule has 0 atom stereocenters. The largest absolute Gasteiger partial charge is 0.330 e. The molecule has 1 aliphatic rings. The summed E-state index contributed by atoms with van der Waals surface area (Å²) in [6.07, 6.45) is 0.687. The summed E-state index contributed by atoms with van der Waals surface area (Å²) in [4.78, 5) is 20.6. The van der Waals surface area contributed by atoms with Gasteiger partial charge in [-0.25, -0.2) is 23.3 Å². The molecule has 2 aromatic carbocycles. The lowest BCUT2D eigenvalue weighted by molar-refractivity contribution is 0.248. The number of primary sulfonamides is 1. The van der Waals surface area contributed by atoms with Crippen LogP contribution in [-0.4, -0.2) is 41.3 Å². The monoisotopic (exact) mass is 511 g/mol. The van der Waals surface area contributed by atoms with Gasteiger partial charge >= 0.3 is 6.03 Å². The fraction of sp³-hybridized carbons (Fsp3) is 0.190. The van der Waals surface area contributed by atoms with E-state index in [0.29, 0.717) is 41.4 Å². The number of amides is 2. The first kappa shape index (κ1) is 22.4. The lowest BCUT2D eigenvalue weighted by Gasteiger charge is -2.34. The number of rotatable bonds is 4. The summed E-state index contributed by atoms with van der Waals surface area (Å²) in [6.45, 7) is 2.51. The molecular weight excluding hydrogens is 494 g/mol. The molecule has 10 nitrogen and oxygen atoms in total. The number of aromatic nitrogens is 3. The lowest BCUT2D eigenvalue weighted by atomic mass is 10.0. The summed E-state index contributed by atoms with van der Waals surface area (Å²) in [5.41, 5.74) is 4.52. The van der Waals surface area contributed by atoms with Gasteiger partial charge < -0.3 is 0 Å². The fourth-order valence-electron chi connectivity index (χ4n) is 3.88. The fourth-order valence-corrected chi connectivity index (χ4v) is 6.39. The molecule has 0 bridgehead atoms. The smallest absolute Gasteiger partial charge is 0.294 e. The first-order valence-electron chi connectivity index (χ1n) is 10.1. The van der Waals surface area contributed by atoms with E-state index in [0.717, 1.165) is 39.7 Å². The van der Waals surface area contributed by atoms with Crippen molar-refractivity contribution in [2.75, 3.05) is 22.9 Å². The highest BCUT2D eigenvalue weighted by atomic mass is 32.2. The predicted molar refractivity (Wildman–Crippen MR) is 130 cm³/mol. The Morgan fingerprint density at radius 3 is 2.53 bits per heavy atom. The Hall–Kier alpha value is -3.44. The van der Waals surface area contributed by atoms with Gasteiger partial charge in [0.1, 0.15) is 11.0 Å². The molecule has 2 amide bonds. The van der Waals surface area contributed by atoms with Crippen LogP contribution < -0.4 is 14.9 Å². The number of anilines is 2. The van der Waals surface area contributed by atoms with Crippen LogP contribution in [0.3, 0.4) is 0 Å². The summed E-state index contributed by atoms with van der Waals surface area (Å²) in [5.74, 6) is 0. The minimum atomic E-state index is -3.91. The Labute approximate surface area is 203 Å². The van der Waals surface area contributed by atoms with Crippen molar-refractivity contribution < 1.29 is 13.2 Å². The van der Waals surface area contributed by atoms with Crippen molar-refractivity contribution in [2.24, 2.45) is 5.14 Å². The number of carbonyl (C=O) groups excluding carboxylic acids is 1. The van der Waals surface area contributed by atoms with E-state index in [9.17, 15) is 18.5 Å². The van der Waals surface area contributed by atoms with Crippen molar-refractivity contribution in [3.63, 3.8) is 0 Å². The topological polar surface area (TPSA) is 146 Å². The molecule has 2 N–H and O–H groups in total. The molecule has 0 saturated carbocycles. The summed E-state index contributed by atoms with van der Waals surface area (Å²) in [7, 11) is -3.91. The number of thiazole rings is 1. The van der Waals surface area contributed by atoms with Crippen LogP contribution in [0.25, 0.3) is 22.2 Å². The second-order valence-electron chi connectivity index (χ2n) is 7.67. The maximum Gasteiger partial charge on any atom is 0.330 e. The number of carbonyl (C=O) groups is 1. The summed E-state index contributed by atoms with van der Waals surface area (Å²) < 4.78 is 32.1. The second-order valence-corrected chi connectivity index (χ2v) is 10.9. The van der Waals surface area contributed by atoms with E-state index >= 15 is 0 Å². The molecule has 13 heteroatoms. The molecule has 5 rings (SSSR count). The molecule has 0 radical (unpaired) electrons. The molecule has 34 heavy (non-hydrogen) atoms. The highest BCUT2D eigenvalue weighted by Gasteiger charge is 2.31. The molecular formula is C21H17N7O3S3. The number of aryl methyl sites for hydroxylation is 1. The standard InChI is InChI=1S/C21H17N7O3S3/c1-12-19(34(23,30)31)32-20(24-12)28-8-2-7-27(21(28)29)15-5-3-14(4-6-15)16-9-13(11-22)10-17-18(16)26-33-25-17/h3-6,9-10H,2,7-8H2,1H3,(H2,23,30,31). The van der Waals surface area contributed by atoms with Gasteiger partial charge in [0, 0.05) is 24.3 Å². The number of nitrogens with zero attached hydrogens (tertiary/aromatic N) is 6. The number of hydrogen-bond acceptors (Lipinski definition) is 9. The van der Waals surface area contributed by atoms with E-state index in [-0.39, 0.29) is 15.9 Å². The van der Waals surface area contributed by atoms with Crippen molar-refractivity contribution >= 4 is 61.0 Å². The molecule has 1 fully saturated rings. The summed E-state index contributed by atoms with van der Waals surface area (Å²) in [6, 6.07) is 12.8. The first-order valence-corrected chi connectivity index (χ1v) is 13.2. The highest BCUT2D eigenvalue weighted by molar-refractivity contribution is 7.91. The maximum atomic E-state index is 13.3. The number of hydrogen-bond donors (Lipinski definition) is 1. The van der Waals surface area contributed by atoms with Crippen molar-refractivity contribution in [1.29, 1.82) is 5.26 Å². The normalized spacial score (nSPS) is 14.6. The van der Waals surface area contributed by atoms with Crippen LogP contribution in [0.5, 0.6) is 0 Å². The molecule has 0 spiro atoms. The lowest BCUT2D eigenvalue weighted by Crippen LogP contribution is -2.49. The number of sulfonamides is 1. The van der Waals surface area contributed by atoms with E-state index in [1.807, 2.05) is 24.3 Å². The van der Waals surface area contributed by atoms with Gasteiger partial charge in [0.15, 0.2) is 9.34 Å². The maximum absolute atomic E-state index is 13.3. The molecule has 0 aliphatic carbocycles. The number of nitrogens with two attached hydrogens (primary N) is 1. The van der Waals surface area contributed by atoms with Crippen LogP contribution >= 0.6 is 23.1 Å². The minimum Gasteiger partial charge on any atom is -0.294 e.